The van der Waals surface area contributed by atoms with Gasteiger partial charge in [0, 0.05) is 18.0 Å². The summed E-state index contributed by atoms with van der Waals surface area (Å²) >= 11 is 1.75. The summed E-state index contributed by atoms with van der Waals surface area (Å²) < 4.78 is 0. The molecule has 2 heterocycles. The maximum absolute atomic E-state index is 4.63. The van der Waals surface area contributed by atoms with Crippen LogP contribution in [0, 0.1) is 6.92 Å². The van der Waals surface area contributed by atoms with E-state index in [1.54, 1.807) is 11.3 Å². The van der Waals surface area contributed by atoms with E-state index < -0.39 is 0 Å². The molecule has 1 saturated heterocycles. The summed E-state index contributed by atoms with van der Waals surface area (Å²) in [5, 5.41) is 7.01. The number of aryl methyl sites for hydroxylation is 1. The van der Waals surface area contributed by atoms with Gasteiger partial charge in [0.2, 0.25) is 0 Å². The number of rotatable bonds is 5. The molecule has 0 amide bonds. The number of thiazole rings is 1. The fourth-order valence-electron chi connectivity index (χ4n) is 2.68. The molecular formula is C14H25N3S. The van der Waals surface area contributed by atoms with Gasteiger partial charge in [-0.1, -0.05) is 13.3 Å². The van der Waals surface area contributed by atoms with Gasteiger partial charge in [-0.25, -0.2) is 4.98 Å². The van der Waals surface area contributed by atoms with Gasteiger partial charge < -0.3 is 5.32 Å². The van der Waals surface area contributed by atoms with Crippen LogP contribution in [0.15, 0.2) is 5.38 Å². The van der Waals surface area contributed by atoms with Gasteiger partial charge in [-0.05, 0) is 39.8 Å². The summed E-state index contributed by atoms with van der Waals surface area (Å²) in [5.41, 5.74) is 1.23. The maximum Gasteiger partial charge on any atom is 0.0898 e. The molecule has 0 aliphatic carbocycles. The molecule has 2 unspecified atom stereocenters. The zero-order valence-electron chi connectivity index (χ0n) is 11.8. The summed E-state index contributed by atoms with van der Waals surface area (Å²) in [6.45, 7) is 10.0. The lowest BCUT2D eigenvalue weighted by Crippen LogP contribution is -2.44. The Bertz CT molecular complexity index is 358. The van der Waals surface area contributed by atoms with E-state index in [0.717, 1.165) is 13.1 Å². The lowest BCUT2D eigenvalue weighted by molar-refractivity contribution is 0.182. The zero-order chi connectivity index (χ0) is 13.0. The fraction of sp³-hybridized carbons (Fsp3) is 0.786. The molecule has 0 radical (unpaired) electrons. The van der Waals surface area contributed by atoms with Crippen LogP contribution >= 0.6 is 11.3 Å². The van der Waals surface area contributed by atoms with Crippen molar-refractivity contribution in [2.24, 2.45) is 0 Å². The number of aromatic nitrogens is 1. The number of likely N-dealkylation sites (N-methyl/N-ethyl adjacent to an activating group) is 1. The monoisotopic (exact) mass is 267 g/mol. The molecule has 0 aromatic carbocycles. The van der Waals surface area contributed by atoms with E-state index in [4.69, 9.17) is 0 Å². The molecule has 2 rings (SSSR count). The predicted octanol–water partition coefficient (Wildman–Crippen LogP) is 2.98. The Morgan fingerprint density at radius 3 is 2.94 bits per heavy atom. The second-order valence-electron chi connectivity index (χ2n) is 5.20. The Kier molecular flexibility index (Phi) is 5.15. The second-order valence-corrected chi connectivity index (χ2v) is 6.26. The average Bonchev–Trinajstić information content (AvgIpc) is 2.83. The molecule has 1 aliphatic rings. The Morgan fingerprint density at radius 1 is 1.56 bits per heavy atom. The van der Waals surface area contributed by atoms with Crippen molar-refractivity contribution in [2.45, 2.75) is 52.1 Å². The molecule has 102 valence electrons. The lowest BCUT2D eigenvalue weighted by Gasteiger charge is -2.33. The van der Waals surface area contributed by atoms with E-state index in [2.05, 4.69) is 41.4 Å². The molecule has 3 nitrogen and oxygen atoms in total. The van der Waals surface area contributed by atoms with Crippen LogP contribution < -0.4 is 5.32 Å². The first-order valence-corrected chi connectivity index (χ1v) is 7.98. The fourth-order valence-corrected chi connectivity index (χ4v) is 3.38. The predicted molar refractivity (Wildman–Crippen MR) is 78.2 cm³/mol. The minimum absolute atomic E-state index is 0.434. The first-order chi connectivity index (χ1) is 8.70. The third-order valence-electron chi connectivity index (χ3n) is 3.89. The van der Waals surface area contributed by atoms with Gasteiger partial charge in [-0.15, -0.1) is 11.3 Å². The van der Waals surface area contributed by atoms with Crippen molar-refractivity contribution in [1.29, 1.82) is 0 Å². The quantitative estimate of drug-likeness (QED) is 0.889. The van der Waals surface area contributed by atoms with Crippen LogP contribution in [0.3, 0.4) is 0 Å². The molecule has 1 fully saturated rings. The highest BCUT2D eigenvalue weighted by molar-refractivity contribution is 7.09. The van der Waals surface area contributed by atoms with Gasteiger partial charge in [0.05, 0.1) is 16.7 Å². The summed E-state index contributed by atoms with van der Waals surface area (Å²) in [5.74, 6) is 0. The molecule has 2 atom stereocenters. The third kappa shape index (κ3) is 3.53. The highest BCUT2D eigenvalue weighted by Gasteiger charge is 2.21. The number of piperidine rings is 1. The zero-order valence-corrected chi connectivity index (χ0v) is 12.6. The normalized spacial score (nSPS) is 22.3. The van der Waals surface area contributed by atoms with Gasteiger partial charge in [0.1, 0.15) is 0 Å². The van der Waals surface area contributed by atoms with E-state index >= 15 is 0 Å². The SMILES string of the molecule is CCN(CC1CCCCN1)C(C)c1csc(C)n1. The molecule has 0 saturated carbocycles. The Hall–Kier alpha value is -0.450. The summed E-state index contributed by atoms with van der Waals surface area (Å²) in [4.78, 5) is 7.17. The van der Waals surface area contributed by atoms with Gasteiger partial charge in [-0.3, -0.25) is 4.90 Å². The molecule has 0 bridgehead atoms. The summed E-state index contributed by atoms with van der Waals surface area (Å²) in [7, 11) is 0. The van der Waals surface area contributed by atoms with E-state index in [1.165, 1.54) is 36.5 Å². The molecular weight excluding hydrogens is 242 g/mol. The third-order valence-corrected chi connectivity index (χ3v) is 4.68. The number of nitrogens with zero attached hydrogens (tertiary/aromatic N) is 2. The van der Waals surface area contributed by atoms with Crippen molar-refractivity contribution in [2.75, 3.05) is 19.6 Å². The van der Waals surface area contributed by atoms with Crippen LogP contribution in [-0.2, 0) is 0 Å². The Morgan fingerprint density at radius 2 is 2.39 bits per heavy atom. The van der Waals surface area contributed by atoms with Crippen LogP contribution in [-0.4, -0.2) is 35.6 Å². The minimum Gasteiger partial charge on any atom is -0.313 e. The summed E-state index contributed by atoms with van der Waals surface area (Å²) in [6, 6.07) is 1.10. The minimum atomic E-state index is 0.434. The van der Waals surface area contributed by atoms with E-state index in [-0.39, 0.29) is 0 Å². The second kappa shape index (κ2) is 6.64. The van der Waals surface area contributed by atoms with Crippen LogP contribution in [0.4, 0.5) is 0 Å². The average molecular weight is 267 g/mol. The number of hydrogen-bond acceptors (Lipinski definition) is 4. The van der Waals surface area contributed by atoms with E-state index in [0.29, 0.717) is 12.1 Å². The highest BCUT2D eigenvalue weighted by atomic mass is 32.1. The molecule has 4 heteroatoms. The number of nitrogens with one attached hydrogen (secondary N) is 1. The maximum atomic E-state index is 4.63. The molecule has 1 aliphatic heterocycles. The van der Waals surface area contributed by atoms with Gasteiger partial charge in [0.15, 0.2) is 0 Å². The van der Waals surface area contributed by atoms with Crippen molar-refractivity contribution < 1.29 is 0 Å². The van der Waals surface area contributed by atoms with Crippen molar-refractivity contribution in [3.05, 3.63) is 16.1 Å². The lowest BCUT2D eigenvalue weighted by atomic mass is 10.0. The van der Waals surface area contributed by atoms with Gasteiger partial charge in [0.25, 0.3) is 0 Å². The van der Waals surface area contributed by atoms with Gasteiger partial charge in [-0.2, -0.15) is 0 Å². The molecule has 1 aromatic heterocycles. The topological polar surface area (TPSA) is 28.2 Å². The smallest absolute Gasteiger partial charge is 0.0898 e. The van der Waals surface area contributed by atoms with Crippen molar-refractivity contribution >= 4 is 11.3 Å². The Balaban J connectivity index is 1.94. The van der Waals surface area contributed by atoms with Crippen LogP contribution in [0.25, 0.3) is 0 Å². The highest BCUT2D eigenvalue weighted by Crippen LogP contribution is 2.22. The number of hydrogen-bond donors (Lipinski definition) is 1. The van der Waals surface area contributed by atoms with Crippen LogP contribution in [0.1, 0.15) is 49.9 Å². The molecule has 0 spiro atoms. The van der Waals surface area contributed by atoms with Crippen molar-refractivity contribution in [3.63, 3.8) is 0 Å². The molecule has 1 aromatic rings. The summed E-state index contributed by atoms with van der Waals surface area (Å²) in [6.07, 6.45) is 4.03. The standard InChI is InChI=1S/C14H25N3S/c1-4-17(9-13-7-5-6-8-15-13)11(2)14-10-18-12(3)16-14/h10-11,13,15H,4-9H2,1-3H3. The van der Waals surface area contributed by atoms with Crippen LogP contribution in [0.5, 0.6) is 0 Å². The van der Waals surface area contributed by atoms with E-state index in [9.17, 15) is 0 Å². The Labute approximate surface area is 115 Å². The largest absolute Gasteiger partial charge is 0.313 e. The van der Waals surface area contributed by atoms with Crippen LogP contribution in [0.2, 0.25) is 0 Å². The molecule has 18 heavy (non-hydrogen) atoms. The van der Waals surface area contributed by atoms with Crippen molar-refractivity contribution in [3.8, 4) is 0 Å². The van der Waals surface area contributed by atoms with Crippen molar-refractivity contribution in [1.82, 2.24) is 15.2 Å². The first-order valence-electron chi connectivity index (χ1n) is 7.10. The van der Waals surface area contributed by atoms with Gasteiger partial charge >= 0.3 is 0 Å². The van der Waals surface area contributed by atoms with E-state index in [1.807, 2.05) is 0 Å². The molecule has 1 N–H and O–H groups in total. The first kappa shape index (κ1) is 14.0.